The molecule has 0 N–H and O–H groups in total. The number of rotatable bonds is 3. The molecule has 1 aromatic carbocycles. The third kappa shape index (κ3) is 2.27. The van der Waals surface area contributed by atoms with Crippen LogP contribution in [0.1, 0.15) is 40.7 Å². The Morgan fingerprint density at radius 2 is 2.32 bits per heavy atom. The third-order valence-corrected chi connectivity index (χ3v) is 3.74. The number of carbonyl (C=O) groups excluding carboxylic acids is 1. The molecule has 0 fully saturated rings. The van der Waals surface area contributed by atoms with E-state index in [2.05, 4.69) is 11.0 Å². The summed E-state index contributed by atoms with van der Waals surface area (Å²) in [5.74, 6) is 1.59. The first-order valence-electron chi connectivity index (χ1n) is 7.20. The summed E-state index contributed by atoms with van der Waals surface area (Å²) in [6.07, 6.45) is 7.79. The van der Waals surface area contributed by atoms with Crippen molar-refractivity contribution in [2.45, 2.75) is 26.2 Å². The van der Waals surface area contributed by atoms with Gasteiger partial charge in [0.05, 0.1) is 6.61 Å². The Labute approximate surface area is 127 Å². The van der Waals surface area contributed by atoms with Crippen LogP contribution in [0.4, 0.5) is 4.39 Å². The van der Waals surface area contributed by atoms with Crippen LogP contribution in [-0.4, -0.2) is 22.4 Å². The zero-order valence-electron chi connectivity index (χ0n) is 12.2. The number of esters is 1. The van der Waals surface area contributed by atoms with E-state index in [1.165, 1.54) is 16.8 Å². The van der Waals surface area contributed by atoms with Crippen molar-refractivity contribution in [1.29, 1.82) is 0 Å². The van der Waals surface area contributed by atoms with E-state index in [1.807, 2.05) is 0 Å². The van der Waals surface area contributed by atoms with Gasteiger partial charge >= 0.3 is 5.97 Å². The summed E-state index contributed by atoms with van der Waals surface area (Å²) in [4.78, 5) is 12.0. The maximum absolute atomic E-state index is 14.2. The van der Waals surface area contributed by atoms with Gasteiger partial charge in [-0.3, -0.25) is 0 Å². The zero-order valence-corrected chi connectivity index (χ0v) is 12.2. The van der Waals surface area contributed by atoms with Gasteiger partial charge in [0, 0.05) is 16.8 Å². The van der Waals surface area contributed by atoms with Crippen molar-refractivity contribution in [2.75, 3.05) is 6.61 Å². The van der Waals surface area contributed by atoms with Gasteiger partial charge in [-0.1, -0.05) is 5.92 Å². The van der Waals surface area contributed by atoms with Crippen LogP contribution in [0.2, 0.25) is 0 Å². The molecule has 3 rings (SSSR count). The van der Waals surface area contributed by atoms with Crippen molar-refractivity contribution < 1.29 is 13.9 Å². The molecule has 1 aliphatic rings. The van der Waals surface area contributed by atoms with E-state index < -0.39 is 11.8 Å². The smallest absolute Gasteiger partial charge is 0.359 e. The van der Waals surface area contributed by atoms with Crippen molar-refractivity contribution in [2.24, 2.45) is 0 Å². The second-order valence-corrected chi connectivity index (χ2v) is 5.07. The van der Waals surface area contributed by atoms with Crippen molar-refractivity contribution in [1.82, 2.24) is 9.78 Å². The van der Waals surface area contributed by atoms with Gasteiger partial charge < -0.3 is 4.74 Å². The van der Waals surface area contributed by atoms with Crippen LogP contribution in [0.25, 0.3) is 5.69 Å². The Bertz CT molecular complexity index is 787. The molecule has 0 spiro atoms. The van der Waals surface area contributed by atoms with Crippen molar-refractivity contribution in [3.05, 3.63) is 46.5 Å². The van der Waals surface area contributed by atoms with E-state index in [9.17, 15) is 9.18 Å². The lowest BCUT2D eigenvalue weighted by molar-refractivity contribution is 0.0517. The van der Waals surface area contributed by atoms with Gasteiger partial charge in [-0.05, 0) is 44.4 Å². The minimum Gasteiger partial charge on any atom is -0.461 e. The van der Waals surface area contributed by atoms with Crippen LogP contribution < -0.4 is 0 Å². The monoisotopic (exact) mass is 298 g/mol. The fourth-order valence-corrected chi connectivity index (χ4v) is 2.76. The lowest BCUT2D eigenvalue weighted by Crippen LogP contribution is -2.09. The Morgan fingerprint density at radius 1 is 1.50 bits per heavy atom. The highest BCUT2D eigenvalue weighted by Gasteiger charge is 2.28. The molecule has 1 heterocycles. The quantitative estimate of drug-likeness (QED) is 0.646. The number of nitrogens with zero attached hydrogens (tertiary/aromatic N) is 2. The van der Waals surface area contributed by atoms with E-state index in [0.29, 0.717) is 5.56 Å². The van der Waals surface area contributed by atoms with Crippen LogP contribution in [0.5, 0.6) is 0 Å². The molecule has 0 saturated heterocycles. The summed E-state index contributed by atoms with van der Waals surface area (Å²) < 4.78 is 20.7. The summed E-state index contributed by atoms with van der Waals surface area (Å²) in [5, 5.41) is 4.29. The summed E-state index contributed by atoms with van der Waals surface area (Å²) in [5.41, 5.74) is 2.82. The maximum Gasteiger partial charge on any atom is 0.359 e. The minimum absolute atomic E-state index is 0.268. The lowest BCUT2D eigenvalue weighted by atomic mass is 10.2. The van der Waals surface area contributed by atoms with Crippen molar-refractivity contribution >= 4 is 5.97 Å². The third-order valence-electron chi connectivity index (χ3n) is 3.74. The molecule has 5 heteroatoms. The van der Waals surface area contributed by atoms with E-state index in [-0.39, 0.29) is 18.0 Å². The Morgan fingerprint density at radius 3 is 3.05 bits per heavy atom. The van der Waals surface area contributed by atoms with Gasteiger partial charge in [0.1, 0.15) is 11.5 Å². The van der Waals surface area contributed by atoms with Crippen LogP contribution in [0.3, 0.4) is 0 Å². The Balaban J connectivity index is 2.15. The molecule has 4 nitrogen and oxygen atoms in total. The SMILES string of the molecule is C#Cc1ccc(F)c(-n2nc(C(=O)OCC)c3c2CCC3)c1. The lowest BCUT2D eigenvalue weighted by Gasteiger charge is -2.07. The number of fused-ring (bicyclic) bond motifs is 1. The molecule has 0 unspecified atom stereocenters. The predicted molar refractivity (Wildman–Crippen MR) is 79.4 cm³/mol. The molecule has 112 valence electrons. The highest BCUT2D eigenvalue weighted by atomic mass is 19.1. The van der Waals surface area contributed by atoms with Crippen LogP contribution in [0, 0.1) is 18.2 Å². The van der Waals surface area contributed by atoms with E-state index in [0.717, 1.165) is 30.5 Å². The molecule has 0 atom stereocenters. The maximum atomic E-state index is 14.2. The van der Waals surface area contributed by atoms with Crippen molar-refractivity contribution in [3.63, 3.8) is 0 Å². The molecule has 0 aliphatic heterocycles. The van der Waals surface area contributed by atoms with Gasteiger partial charge in [-0.25, -0.2) is 13.9 Å². The summed E-state index contributed by atoms with van der Waals surface area (Å²) in [6.45, 7) is 2.02. The highest BCUT2D eigenvalue weighted by Crippen LogP contribution is 2.29. The van der Waals surface area contributed by atoms with E-state index in [4.69, 9.17) is 11.2 Å². The number of hydrogen-bond donors (Lipinski definition) is 0. The number of aromatic nitrogens is 2. The van der Waals surface area contributed by atoms with Gasteiger partial charge in [-0.2, -0.15) is 5.10 Å². The molecule has 0 radical (unpaired) electrons. The van der Waals surface area contributed by atoms with Gasteiger partial charge in [0.25, 0.3) is 0 Å². The number of terminal acetylenes is 1. The molecule has 0 amide bonds. The number of benzene rings is 1. The normalized spacial score (nSPS) is 12.8. The van der Waals surface area contributed by atoms with Gasteiger partial charge in [-0.15, -0.1) is 6.42 Å². The topological polar surface area (TPSA) is 44.1 Å². The van der Waals surface area contributed by atoms with Gasteiger partial charge in [0.2, 0.25) is 0 Å². The van der Waals surface area contributed by atoms with E-state index in [1.54, 1.807) is 13.0 Å². The molecule has 0 saturated carbocycles. The molecule has 1 aromatic heterocycles. The molecule has 1 aliphatic carbocycles. The molecular weight excluding hydrogens is 283 g/mol. The fourth-order valence-electron chi connectivity index (χ4n) is 2.76. The predicted octanol–water partition coefficient (Wildman–Crippen LogP) is 2.66. The molecule has 2 aromatic rings. The first-order valence-corrected chi connectivity index (χ1v) is 7.20. The summed E-state index contributed by atoms with van der Waals surface area (Å²) in [6, 6.07) is 4.42. The fraction of sp³-hybridized carbons (Fsp3) is 0.294. The van der Waals surface area contributed by atoms with E-state index >= 15 is 0 Å². The summed E-state index contributed by atoms with van der Waals surface area (Å²) >= 11 is 0. The second kappa shape index (κ2) is 5.64. The van der Waals surface area contributed by atoms with Crippen LogP contribution >= 0.6 is 0 Å². The Hall–Kier alpha value is -2.61. The Kier molecular flexibility index (Phi) is 3.68. The molecular formula is C17H15FN2O2. The largest absolute Gasteiger partial charge is 0.461 e. The zero-order chi connectivity index (χ0) is 15.7. The molecule has 0 bridgehead atoms. The van der Waals surface area contributed by atoms with Crippen molar-refractivity contribution in [3.8, 4) is 18.0 Å². The molecule has 22 heavy (non-hydrogen) atoms. The highest BCUT2D eigenvalue weighted by molar-refractivity contribution is 5.89. The average Bonchev–Trinajstić information content (AvgIpc) is 3.10. The number of hydrogen-bond acceptors (Lipinski definition) is 3. The number of ether oxygens (including phenoxy) is 1. The summed E-state index contributed by atoms with van der Waals surface area (Å²) in [7, 11) is 0. The first-order chi connectivity index (χ1) is 10.7. The van der Waals surface area contributed by atoms with Gasteiger partial charge in [0.15, 0.2) is 5.69 Å². The number of carbonyl (C=O) groups is 1. The standard InChI is InChI=1S/C17H15FN2O2/c1-3-11-8-9-13(18)15(10-11)20-14-7-5-6-12(14)16(19-20)17(21)22-4-2/h1,8-10H,4-7H2,2H3. The second-order valence-electron chi connectivity index (χ2n) is 5.07. The average molecular weight is 298 g/mol. The first kappa shape index (κ1) is 14.3. The minimum atomic E-state index is -0.465. The van der Waals surface area contributed by atoms with Crippen LogP contribution in [0.15, 0.2) is 18.2 Å². The number of halogens is 1. The van der Waals surface area contributed by atoms with Crippen LogP contribution in [-0.2, 0) is 17.6 Å².